The van der Waals surface area contributed by atoms with E-state index in [0.29, 0.717) is 18.0 Å². The van der Waals surface area contributed by atoms with Crippen molar-refractivity contribution in [1.82, 2.24) is 0 Å². The van der Waals surface area contributed by atoms with Crippen molar-refractivity contribution in [3.8, 4) is 5.75 Å². The molecule has 0 saturated carbocycles. The molecule has 2 aromatic rings. The first-order chi connectivity index (χ1) is 9.61. The van der Waals surface area contributed by atoms with E-state index in [0.717, 1.165) is 11.1 Å². The van der Waals surface area contributed by atoms with E-state index in [2.05, 4.69) is 5.32 Å². The monoisotopic (exact) mass is 272 g/mol. The molecule has 20 heavy (non-hydrogen) atoms. The van der Waals surface area contributed by atoms with E-state index >= 15 is 0 Å². The highest BCUT2D eigenvalue weighted by Crippen LogP contribution is 2.29. The van der Waals surface area contributed by atoms with Crippen LogP contribution in [0.15, 0.2) is 42.5 Å². The van der Waals surface area contributed by atoms with E-state index in [4.69, 9.17) is 4.74 Å². The van der Waals surface area contributed by atoms with Crippen molar-refractivity contribution in [2.24, 2.45) is 0 Å². The quantitative estimate of drug-likeness (QED) is 0.668. The lowest BCUT2D eigenvalue weighted by Crippen LogP contribution is -2.04. The maximum Gasteiger partial charge on any atom is 0.296 e. The molecule has 0 radical (unpaired) electrons. The average Bonchev–Trinajstić information content (AvgIpc) is 2.46. The Morgan fingerprint density at radius 1 is 1.25 bits per heavy atom. The number of nitrogens with zero attached hydrogens (tertiary/aromatic N) is 1. The van der Waals surface area contributed by atoms with Gasteiger partial charge in [-0.1, -0.05) is 24.3 Å². The minimum atomic E-state index is -0.414. The molecule has 0 aliphatic carbocycles. The number of anilines is 1. The van der Waals surface area contributed by atoms with Gasteiger partial charge < -0.3 is 10.1 Å². The molecule has 5 nitrogen and oxygen atoms in total. The number of aryl methyl sites for hydroxylation is 1. The van der Waals surface area contributed by atoms with Crippen LogP contribution in [0, 0.1) is 17.0 Å². The lowest BCUT2D eigenvalue weighted by Gasteiger charge is -2.10. The standard InChI is InChI=1S/C15H16N2O3/c1-11-5-3-4-6-12(11)10-16-14-8-7-13(20-2)9-15(14)17(18)19/h3-9,16H,10H2,1-2H3. The molecule has 1 N–H and O–H groups in total. The minimum Gasteiger partial charge on any atom is -0.496 e. The van der Waals surface area contributed by atoms with Gasteiger partial charge in [-0.3, -0.25) is 10.1 Å². The second-order valence-corrected chi connectivity index (χ2v) is 4.42. The summed E-state index contributed by atoms with van der Waals surface area (Å²) in [6, 6.07) is 12.7. The molecule has 0 atom stereocenters. The predicted molar refractivity (Wildman–Crippen MR) is 78.2 cm³/mol. The third kappa shape index (κ3) is 3.06. The maximum absolute atomic E-state index is 11.1. The van der Waals surface area contributed by atoms with Gasteiger partial charge in [-0.05, 0) is 30.2 Å². The van der Waals surface area contributed by atoms with Gasteiger partial charge in [0.2, 0.25) is 0 Å². The Morgan fingerprint density at radius 2 is 2.00 bits per heavy atom. The zero-order chi connectivity index (χ0) is 14.5. The van der Waals surface area contributed by atoms with Crippen molar-refractivity contribution in [3.63, 3.8) is 0 Å². The van der Waals surface area contributed by atoms with Gasteiger partial charge in [0.1, 0.15) is 11.4 Å². The van der Waals surface area contributed by atoms with E-state index in [9.17, 15) is 10.1 Å². The van der Waals surface area contributed by atoms with Crippen molar-refractivity contribution in [2.45, 2.75) is 13.5 Å². The first-order valence-corrected chi connectivity index (χ1v) is 6.22. The van der Waals surface area contributed by atoms with Crippen LogP contribution in [-0.4, -0.2) is 12.0 Å². The van der Waals surface area contributed by atoms with Gasteiger partial charge in [-0.25, -0.2) is 0 Å². The van der Waals surface area contributed by atoms with Crippen LogP contribution in [-0.2, 0) is 6.54 Å². The number of ether oxygens (including phenoxy) is 1. The van der Waals surface area contributed by atoms with Gasteiger partial charge in [0.25, 0.3) is 5.69 Å². The molecule has 0 spiro atoms. The van der Waals surface area contributed by atoms with E-state index in [1.807, 2.05) is 31.2 Å². The molecule has 0 fully saturated rings. The summed E-state index contributed by atoms with van der Waals surface area (Å²) in [6.07, 6.45) is 0. The molecule has 104 valence electrons. The van der Waals surface area contributed by atoms with Crippen LogP contribution in [0.1, 0.15) is 11.1 Å². The van der Waals surface area contributed by atoms with Crippen LogP contribution in [0.3, 0.4) is 0 Å². The van der Waals surface area contributed by atoms with E-state index in [1.54, 1.807) is 12.1 Å². The minimum absolute atomic E-state index is 0.0120. The normalized spacial score (nSPS) is 10.1. The summed E-state index contributed by atoms with van der Waals surface area (Å²) in [5.41, 5.74) is 2.76. The summed E-state index contributed by atoms with van der Waals surface area (Å²) in [4.78, 5) is 10.7. The van der Waals surface area contributed by atoms with E-state index in [1.165, 1.54) is 13.2 Å². The van der Waals surface area contributed by atoms with Crippen LogP contribution in [0.5, 0.6) is 5.75 Å². The molecule has 5 heteroatoms. The van der Waals surface area contributed by atoms with Crippen molar-refractivity contribution in [1.29, 1.82) is 0 Å². The van der Waals surface area contributed by atoms with Gasteiger partial charge in [-0.2, -0.15) is 0 Å². The summed E-state index contributed by atoms with van der Waals surface area (Å²) in [7, 11) is 1.49. The van der Waals surface area contributed by atoms with Gasteiger partial charge >= 0.3 is 0 Å². The lowest BCUT2D eigenvalue weighted by atomic mass is 10.1. The Balaban J connectivity index is 2.21. The smallest absolute Gasteiger partial charge is 0.296 e. The van der Waals surface area contributed by atoms with Crippen molar-refractivity contribution in [2.75, 3.05) is 12.4 Å². The number of rotatable bonds is 5. The SMILES string of the molecule is COc1ccc(NCc2ccccc2C)c([N+](=O)[O-])c1. The van der Waals surface area contributed by atoms with E-state index < -0.39 is 4.92 Å². The number of nitrogens with one attached hydrogen (secondary N) is 1. The summed E-state index contributed by atoms with van der Waals surface area (Å²) in [5.74, 6) is 0.471. The number of nitro groups is 1. The van der Waals surface area contributed by atoms with Crippen LogP contribution in [0.4, 0.5) is 11.4 Å². The Bertz CT molecular complexity index is 626. The van der Waals surface area contributed by atoms with Crippen molar-refractivity contribution in [3.05, 3.63) is 63.7 Å². The Morgan fingerprint density at radius 3 is 2.65 bits per heavy atom. The number of benzene rings is 2. The molecular formula is C15H16N2O3. The molecule has 0 saturated heterocycles. The average molecular weight is 272 g/mol. The number of hydrogen-bond acceptors (Lipinski definition) is 4. The molecule has 0 aliphatic rings. The molecule has 0 bridgehead atoms. The van der Waals surface area contributed by atoms with Gasteiger partial charge in [0.05, 0.1) is 18.1 Å². The highest BCUT2D eigenvalue weighted by atomic mass is 16.6. The molecule has 2 rings (SSSR count). The lowest BCUT2D eigenvalue weighted by molar-refractivity contribution is -0.384. The van der Waals surface area contributed by atoms with Crippen LogP contribution in [0.25, 0.3) is 0 Å². The second-order valence-electron chi connectivity index (χ2n) is 4.42. The highest BCUT2D eigenvalue weighted by molar-refractivity contribution is 5.64. The van der Waals surface area contributed by atoms with Crippen molar-refractivity contribution >= 4 is 11.4 Å². The number of hydrogen-bond donors (Lipinski definition) is 1. The summed E-state index contributed by atoms with van der Waals surface area (Å²) in [5, 5.41) is 14.2. The molecule has 0 unspecified atom stereocenters. The number of methoxy groups -OCH3 is 1. The van der Waals surface area contributed by atoms with Gasteiger partial charge in [-0.15, -0.1) is 0 Å². The predicted octanol–water partition coefficient (Wildman–Crippen LogP) is 3.52. The Hall–Kier alpha value is -2.56. The van der Waals surface area contributed by atoms with E-state index in [-0.39, 0.29) is 5.69 Å². The van der Waals surface area contributed by atoms with Gasteiger partial charge in [0, 0.05) is 6.54 Å². The van der Waals surface area contributed by atoms with Crippen LogP contribution in [0.2, 0.25) is 0 Å². The first-order valence-electron chi connectivity index (χ1n) is 6.22. The summed E-state index contributed by atoms with van der Waals surface area (Å²) < 4.78 is 5.01. The zero-order valence-electron chi connectivity index (χ0n) is 11.4. The Kier molecular flexibility index (Phi) is 4.20. The van der Waals surface area contributed by atoms with Crippen LogP contribution >= 0.6 is 0 Å². The largest absolute Gasteiger partial charge is 0.496 e. The molecule has 0 amide bonds. The highest BCUT2D eigenvalue weighted by Gasteiger charge is 2.14. The second kappa shape index (κ2) is 6.06. The first kappa shape index (κ1) is 13.9. The molecular weight excluding hydrogens is 256 g/mol. The molecule has 0 aromatic heterocycles. The summed E-state index contributed by atoms with van der Waals surface area (Å²) >= 11 is 0. The third-order valence-electron chi connectivity index (χ3n) is 3.13. The fraction of sp³-hybridized carbons (Fsp3) is 0.200. The Labute approximate surface area is 117 Å². The van der Waals surface area contributed by atoms with Crippen molar-refractivity contribution < 1.29 is 9.66 Å². The van der Waals surface area contributed by atoms with Gasteiger partial charge in [0.15, 0.2) is 0 Å². The third-order valence-corrected chi connectivity index (χ3v) is 3.13. The summed E-state index contributed by atoms with van der Waals surface area (Å²) in [6.45, 7) is 2.55. The molecule has 2 aromatic carbocycles. The fourth-order valence-corrected chi connectivity index (χ4v) is 1.94. The molecule has 0 aliphatic heterocycles. The van der Waals surface area contributed by atoms with Crippen LogP contribution < -0.4 is 10.1 Å². The number of nitro benzene ring substituents is 1. The fourth-order valence-electron chi connectivity index (χ4n) is 1.94. The topological polar surface area (TPSA) is 64.4 Å². The maximum atomic E-state index is 11.1. The molecule has 0 heterocycles. The zero-order valence-corrected chi connectivity index (χ0v) is 11.4.